The molecule has 0 spiro atoms. The predicted molar refractivity (Wildman–Crippen MR) is 128 cm³/mol. The van der Waals surface area contributed by atoms with E-state index in [9.17, 15) is 15.0 Å². The van der Waals surface area contributed by atoms with Gasteiger partial charge in [0.05, 0.1) is 11.4 Å². The topological polar surface area (TPSA) is 86.2 Å². The Balaban J connectivity index is 1.57. The molecule has 0 unspecified atom stereocenters. The Morgan fingerprint density at radius 1 is 0.636 bits per heavy atom. The van der Waals surface area contributed by atoms with E-state index >= 15 is 0 Å². The largest absolute Gasteiger partial charge is 0.504 e. The third-order valence-electron chi connectivity index (χ3n) is 5.47. The summed E-state index contributed by atoms with van der Waals surface area (Å²) >= 11 is 0. The molecule has 0 aliphatic carbocycles. The van der Waals surface area contributed by atoms with Crippen molar-refractivity contribution in [1.82, 2.24) is 9.97 Å². The van der Waals surface area contributed by atoms with Crippen LogP contribution in [0.2, 0.25) is 0 Å². The van der Waals surface area contributed by atoms with Crippen LogP contribution in [0.15, 0.2) is 103 Å². The third kappa shape index (κ3) is 4.00. The molecular formula is C28H20N2O3. The summed E-state index contributed by atoms with van der Waals surface area (Å²) in [5.41, 5.74) is 5.25. The SMILES string of the molecule is O=C(c1ccccc1)c1ccc(-c2[nH]c(-c3ccc(O)c(O)c3)nc2-c2ccccc2)cc1. The van der Waals surface area contributed by atoms with Gasteiger partial charge in [-0.2, -0.15) is 0 Å². The second-order valence-electron chi connectivity index (χ2n) is 7.65. The molecule has 0 amide bonds. The van der Waals surface area contributed by atoms with Crippen molar-refractivity contribution in [2.24, 2.45) is 0 Å². The summed E-state index contributed by atoms with van der Waals surface area (Å²) in [5, 5.41) is 19.6. The van der Waals surface area contributed by atoms with E-state index in [0.717, 1.165) is 22.5 Å². The average Bonchev–Trinajstić information content (AvgIpc) is 3.32. The number of H-pyrrole nitrogens is 1. The maximum Gasteiger partial charge on any atom is 0.193 e. The fraction of sp³-hybridized carbons (Fsp3) is 0. The number of hydrogen-bond donors (Lipinski definition) is 3. The van der Waals surface area contributed by atoms with Crippen LogP contribution < -0.4 is 0 Å². The number of phenols is 2. The molecule has 5 rings (SSSR count). The van der Waals surface area contributed by atoms with E-state index in [1.807, 2.05) is 72.8 Å². The number of carbonyl (C=O) groups is 1. The fourth-order valence-electron chi connectivity index (χ4n) is 3.74. The maximum atomic E-state index is 12.8. The van der Waals surface area contributed by atoms with Crippen molar-refractivity contribution in [3.8, 4) is 45.4 Å². The number of carbonyl (C=O) groups excluding carboxylic acids is 1. The maximum absolute atomic E-state index is 12.8. The Morgan fingerprint density at radius 3 is 1.91 bits per heavy atom. The zero-order valence-corrected chi connectivity index (χ0v) is 17.6. The predicted octanol–water partition coefficient (Wildman–Crippen LogP) is 6.05. The first-order valence-electron chi connectivity index (χ1n) is 10.5. The van der Waals surface area contributed by atoms with Crippen molar-refractivity contribution in [3.63, 3.8) is 0 Å². The number of imidazole rings is 1. The summed E-state index contributed by atoms with van der Waals surface area (Å²) in [6.45, 7) is 0. The summed E-state index contributed by atoms with van der Waals surface area (Å²) in [5.74, 6) is 0.127. The summed E-state index contributed by atoms with van der Waals surface area (Å²) < 4.78 is 0. The Morgan fingerprint density at radius 2 is 1.24 bits per heavy atom. The minimum atomic E-state index is -0.213. The Kier molecular flexibility index (Phi) is 5.21. The molecule has 0 radical (unpaired) electrons. The Bertz CT molecular complexity index is 1420. The summed E-state index contributed by atoms with van der Waals surface area (Å²) in [7, 11) is 0. The van der Waals surface area contributed by atoms with Crippen molar-refractivity contribution in [2.45, 2.75) is 0 Å². The molecule has 5 aromatic rings. The van der Waals surface area contributed by atoms with Gasteiger partial charge in [0, 0.05) is 27.8 Å². The first kappa shape index (κ1) is 20.3. The van der Waals surface area contributed by atoms with Crippen molar-refractivity contribution in [1.29, 1.82) is 0 Å². The van der Waals surface area contributed by atoms with Gasteiger partial charge in [0.1, 0.15) is 5.82 Å². The average molecular weight is 432 g/mol. The third-order valence-corrected chi connectivity index (χ3v) is 5.47. The molecule has 5 heteroatoms. The molecule has 0 aliphatic rings. The molecule has 0 bridgehead atoms. The highest BCUT2D eigenvalue weighted by molar-refractivity contribution is 6.09. The minimum absolute atomic E-state index is 0.0321. The van der Waals surface area contributed by atoms with Crippen LogP contribution in [-0.2, 0) is 0 Å². The van der Waals surface area contributed by atoms with Gasteiger partial charge in [0.15, 0.2) is 17.3 Å². The lowest BCUT2D eigenvalue weighted by Crippen LogP contribution is -2.00. The normalized spacial score (nSPS) is 10.8. The lowest BCUT2D eigenvalue weighted by molar-refractivity contribution is 0.103. The number of aromatic nitrogens is 2. The number of aromatic hydroxyl groups is 2. The van der Waals surface area contributed by atoms with Crippen LogP contribution in [0.3, 0.4) is 0 Å². The molecule has 0 saturated heterocycles. The van der Waals surface area contributed by atoms with Crippen molar-refractivity contribution in [3.05, 3.63) is 114 Å². The van der Waals surface area contributed by atoms with Gasteiger partial charge in [0.25, 0.3) is 0 Å². The molecule has 160 valence electrons. The van der Waals surface area contributed by atoms with E-state index < -0.39 is 0 Å². The number of rotatable bonds is 5. The molecular weight excluding hydrogens is 412 g/mol. The second kappa shape index (κ2) is 8.48. The number of phenolic OH excluding ortho intramolecular Hbond substituents is 2. The Labute approximate surface area is 190 Å². The Hall–Kier alpha value is -4.64. The standard InChI is InChI=1S/C28H20N2O3/c31-23-16-15-22(17-24(23)32)28-29-25(18-7-3-1-4-8-18)26(30-28)19-11-13-21(14-12-19)27(33)20-9-5-2-6-10-20/h1-17,31-32H,(H,29,30). The monoisotopic (exact) mass is 432 g/mol. The number of nitrogens with one attached hydrogen (secondary N) is 1. The lowest BCUT2D eigenvalue weighted by Gasteiger charge is -2.05. The van der Waals surface area contributed by atoms with Gasteiger partial charge >= 0.3 is 0 Å². The first-order chi connectivity index (χ1) is 16.1. The molecule has 4 aromatic carbocycles. The smallest absolute Gasteiger partial charge is 0.193 e. The van der Waals surface area contributed by atoms with Crippen LogP contribution in [0, 0.1) is 0 Å². The van der Waals surface area contributed by atoms with E-state index in [-0.39, 0.29) is 17.3 Å². The van der Waals surface area contributed by atoms with Gasteiger partial charge in [-0.05, 0) is 18.2 Å². The van der Waals surface area contributed by atoms with Crippen LogP contribution in [0.4, 0.5) is 0 Å². The fourth-order valence-corrected chi connectivity index (χ4v) is 3.74. The van der Waals surface area contributed by atoms with E-state index in [4.69, 9.17) is 4.98 Å². The van der Waals surface area contributed by atoms with E-state index in [1.165, 1.54) is 12.1 Å². The highest BCUT2D eigenvalue weighted by Crippen LogP contribution is 2.35. The lowest BCUT2D eigenvalue weighted by atomic mass is 10.00. The van der Waals surface area contributed by atoms with E-state index in [0.29, 0.717) is 22.5 Å². The van der Waals surface area contributed by atoms with Crippen molar-refractivity contribution < 1.29 is 15.0 Å². The van der Waals surface area contributed by atoms with Gasteiger partial charge in [-0.25, -0.2) is 4.98 Å². The minimum Gasteiger partial charge on any atom is -0.504 e. The van der Waals surface area contributed by atoms with Crippen molar-refractivity contribution >= 4 is 5.78 Å². The first-order valence-corrected chi connectivity index (χ1v) is 10.5. The van der Waals surface area contributed by atoms with Crippen LogP contribution in [0.5, 0.6) is 11.5 Å². The van der Waals surface area contributed by atoms with Crippen molar-refractivity contribution in [2.75, 3.05) is 0 Å². The summed E-state index contributed by atoms with van der Waals surface area (Å²) in [4.78, 5) is 20.9. The van der Waals surface area contributed by atoms with Crippen LogP contribution in [0.25, 0.3) is 33.9 Å². The molecule has 0 aliphatic heterocycles. The van der Waals surface area contributed by atoms with E-state index in [1.54, 1.807) is 18.2 Å². The molecule has 3 N–H and O–H groups in total. The molecule has 0 fully saturated rings. The number of aromatic amines is 1. The molecule has 33 heavy (non-hydrogen) atoms. The van der Waals surface area contributed by atoms with Crippen LogP contribution in [-0.4, -0.2) is 26.0 Å². The highest BCUT2D eigenvalue weighted by Gasteiger charge is 2.17. The molecule has 1 heterocycles. The van der Waals surface area contributed by atoms with Crippen LogP contribution >= 0.6 is 0 Å². The molecule has 1 aromatic heterocycles. The molecule has 5 nitrogen and oxygen atoms in total. The quantitative estimate of drug-likeness (QED) is 0.233. The molecule has 0 saturated carbocycles. The summed E-state index contributed by atoms with van der Waals surface area (Å²) in [6.07, 6.45) is 0. The number of nitrogens with zero attached hydrogens (tertiary/aromatic N) is 1. The van der Waals surface area contributed by atoms with E-state index in [2.05, 4.69) is 4.98 Å². The number of ketones is 1. The van der Waals surface area contributed by atoms with Gasteiger partial charge in [-0.3, -0.25) is 4.79 Å². The second-order valence-corrected chi connectivity index (χ2v) is 7.65. The van der Waals surface area contributed by atoms with Gasteiger partial charge in [0.2, 0.25) is 0 Å². The van der Waals surface area contributed by atoms with Crippen LogP contribution in [0.1, 0.15) is 15.9 Å². The van der Waals surface area contributed by atoms with Gasteiger partial charge < -0.3 is 15.2 Å². The highest BCUT2D eigenvalue weighted by atomic mass is 16.3. The summed E-state index contributed by atoms with van der Waals surface area (Å²) in [6, 6.07) is 31.0. The number of hydrogen-bond acceptors (Lipinski definition) is 4. The van der Waals surface area contributed by atoms with Gasteiger partial charge in [-0.15, -0.1) is 0 Å². The zero-order chi connectivity index (χ0) is 22.8. The number of benzene rings is 4. The van der Waals surface area contributed by atoms with Gasteiger partial charge in [-0.1, -0.05) is 84.9 Å². The molecule has 0 atom stereocenters. The zero-order valence-electron chi connectivity index (χ0n) is 17.6.